The maximum Gasteiger partial charge on any atom is 0.418 e. The van der Waals surface area contributed by atoms with Gasteiger partial charge in [0.15, 0.2) is 0 Å². The lowest BCUT2D eigenvalue weighted by Crippen LogP contribution is -2.25. The van der Waals surface area contributed by atoms with Crippen molar-refractivity contribution in [3.63, 3.8) is 0 Å². The molecule has 0 radical (unpaired) electrons. The molecule has 1 fully saturated rings. The molecule has 1 aliphatic rings. The first kappa shape index (κ1) is 16.1. The number of alkyl halides is 3. The Balaban J connectivity index is 1.83. The third kappa shape index (κ3) is 5.22. The molecule has 0 spiro atoms. The number of hydrogen-bond donors (Lipinski definition) is 2. The van der Waals surface area contributed by atoms with E-state index in [1.54, 1.807) is 6.07 Å². The number of anilines is 1. The van der Waals surface area contributed by atoms with Crippen molar-refractivity contribution in [3.8, 4) is 0 Å². The van der Waals surface area contributed by atoms with Gasteiger partial charge in [-0.15, -0.1) is 0 Å². The van der Waals surface area contributed by atoms with Crippen molar-refractivity contribution in [1.29, 1.82) is 0 Å². The highest BCUT2D eigenvalue weighted by Gasteiger charge is 2.33. The Kier molecular flexibility index (Phi) is 5.13. The summed E-state index contributed by atoms with van der Waals surface area (Å²) in [6.45, 7) is 0.322. The summed E-state index contributed by atoms with van der Waals surface area (Å²) in [5.41, 5.74) is -0.674. The lowest BCUT2D eigenvalue weighted by atomic mass is 10.1. The first-order chi connectivity index (χ1) is 9.86. The van der Waals surface area contributed by atoms with E-state index in [0.717, 1.165) is 18.9 Å². The number of amides is 1. The van der Waals surface area contributed by atoms with Crippen LogP contribution < -0.4 is 10.6 Å². The molecular weight excluding hydrogens is 349 g/mol. The van der Waals surface area contributed by atoms with E-state index in [4.69, 9.17) is 0 Å². The van der Waals surface area contributed by atoms with Crippen LogP contribution in [0.2, 0.25) is 0 Å². The van der Waals surface area contributed by atoms with Gasteiger partial charge < -0.3 is 10.6 Å². The molecule has 1 saturated carbocycles. The Hall–Kier alpha value is -1.24. The van der Waals surface area contributed by atoms with Crippen molar-refractivity contribution in [2.24, 2.45) is 0 Å². The van der Waals surface area contributed by atoms with Crippen LogP contribution in [0.5, 0.6) is 0 Å². The Bertz CT molecular complexity index is 515. The average molecular weight is 365 g/mol. The van der Waals surface area contributed by atoms with Crippen LogP contribution in [0.15, 0.2) is 22.7 Å². The molecule has 7 heteroatoms. The minimum Gasteiger partial charge on any atom is -0.385 e. The first-order valence-electron chi connectivity index (χ1n) is 6.76. The predicted molar refractivity (Wildman–Crippen MR) is 78.0 cm³/mol. The number of carbonyl (C=O) groups is 1. The summed E-state index contributed by atoms with van der Waals surface area (Å²) in [7, 11) is 0. The summed E-state index contributed by atoms with van der Waals surface area (Å²) in [4.78, 5) is 11.5. The van der Waals surface area contributed by atoms with Gasteiger partial charge in [0.05, 0.1) is 5.56 Å². The van der Waals surface area contributed by atoms with Gasteiger partial charge in [-0.05, 0) is 37.5 Å². The summed E-state index contributed by atoms with van der Waals surface area (Å²) in [6.07, 6.45) is -1.54. The lowest BCUT2D eigenvalue weighted by Gasteiger charge is -2.15. The second kappa shape index (κ2) is 6.68. The number of halogens is 4. The monoisotopic (exact) mass is 364 g/mol. The van der Waals surface area contributed by atoms with Gasteiger partial charge >= 0.3 is 6.18 Å². The lowest BCUT2D eigenvalue weighted by molar-refractivity contribution is -0.137. The third-order valence-electron chi connectivity index (χ3n) is 3.13. The van der Waals surface area contributed by atoms with Crippen LogP contribution in [0.25, 0.3) is 0 Å². The highest BCUT2D eigenvalue weighted by Crippen LogP contribution is 2.36. The maximum absolute atomic E-state index is 12.9. The van der Waals surface area contributed by atoms with Gasteiger partial charge in [-0.3, -0.25) is 4.79 Å². The normalized spacial score (nSPS) is 14.9. The zero-order valence-corrected chi connectivity index (χ0v) is 12.9. The second-order valence-electron chi connectivity index (χ2n) is 5.06. The van der Waals surface area contributed by atoms with E-state index in [2.05, 4.69) is 26.6 Å². The highest BCUT2D eigenvalue weighted by atomic mass is 79.9. The molecule has 1 aromatic rings. The summed E-state index contributed by atoms with van der Waals surface area (Å²) in [5, 5.41) is 5.59. The molecule has 0 aromatic heterocycles. The summed E-state index contributed by atoms with van der Waals surface area (Å²) in [6, 6.07) is 4.30. The summed E-state index contributed by atoms with van der Waals surface area (Å²) < 4.78 is 39.1. The number of carbonyl (C=O) groups excluding carboxylic acids is 1. The molecule has 1 amide bonds. The topological polar surface area (TPSA) is 41.1 Å². The van der Waals surface area contributed by atoms with Gasteiger partial charge in [0.25, 0.3) is 0 Å². The smallest absolute Gasteiger partial charge is 0.385 e. The van der Waals surface area contributed by atoms with E-state index in [1.165, 1.54) is 6.07 Å². The standard InChI is InChI=1S/C14H16BrF3N2O/c15-9-3-6-12(11(8-9)14(16,17)18)19-7-1-2-13(21)20-10-4-5-10/h3,6,8,10,19H,1-2,4-5,7H2,(H,20,21). The fraction of sp³-hybridized carbons (Fsp3) is 0.500. The average Bonchev–Trinajstić information content (AvgIpc) is 3.18. The fourth-order valence-corrected chi connectivity index (χ4v) is 2.27. The van der Waals surface area contributed by atoms with Crippen LogP contribution in [0.4, 0.5) is 18.9 Å². The molecule has 1 aromatic carbocycles. The zero-order chi connectivity index (χ0) is 15.5. The van der Waals surface area contributed by atoms with Crippen molar-refractivity contribution in [2.75, 3.05) is 11.9 Å². The first-order valence-corrected chi connectivity index (χ1v) is 7.55. The molecule has 2 rings (SSSR count). The summed E-state index contributed by atoms with van der Waals surface area (Å²) in [5.74, 6) is -0.0360. The molecule has 1 aliphatic carbocycles. The Labute approximate surface area is 129 Å². The van der Waals surface area contributed by atoms with E-state index in [1.807, 2.05) is 0 Å². The molecule has 0 bridgehead atoms. The van der Waals surface area contributed by atoms with Crippen molar-refractivity contribution in [1.82, 2.24) is 5.32 Å². The van der Waals surface area contributed by atoms with E-state index in [0.29, 0.717) is 29.9 Å². The molecule has 0 aliphatic heterocycles. The molecule has 2 N–H and O–H groups in total. The van der Waals surface area contributed by atoms with Crippen LogP contribution in [-0.4, -0.2) is 18.5 Å². The van der Waals surface area contributed by atoms with Crippen molar-refractivity contribution in [2.45, 2.75) is 37.9 Å². The van der Waals surface area contributed by atoms with E-state index >= 15 is 0 Å². The van der Waals surface area contributed by atoms with Crippen LogP contribution >= 0.6 is 15.9 Å². The molecule has 0 heterocycles. The third-order valence-corrected chi connectivity index (χ3v) is 3.62. The van der Waals surface area contributed by atoms with Gasteiger partial charge in [-0.25, -0.2) is 0 Å². The Morgan fingerprint density at radius 1 is 1.33 bits per heavy atom. The quantitative estimate of drug-likeness (QED) is 0.750. The molecule has 116 valence electrons. The van der Waals surface area contributed by atoms with Crippen LogP contribution in [-0.2, 0) is 11.0 Å². The van der Waals surface area contributed by atoms with E-state index in [9.17, 15) is 18.0 Å². The molecular formula is C14H16BrF3N2O. The molecule has 0 unspecified atom stereocenters. The van der Waals surface area contributed by atoms with Gasteiger partial charge in [0.2, 0.25) is 5.91 Å². The Morgan fingerprint density at radius 2 is 2.05 bits per heavy atom. The van der Waals surface area contributed by atoms with Crippen LogP contribution in [0.1, 0.15) is 31.2 Å². The largest absolute Gasteiger partial charge is 0.418 e. The summed E-state index contributed by atoms with van der Waals surface area (Å²) >= 11 is 3.04. The maximum atomic E-state index is 12.9. The van der Waals surface area contributed by atoms with Crippen molar-refractivity contribution >= 4 is 27.5 Å². The van der Waals surface area contributed by atoms with E-state index < -0.39 is 11.7 Å². The number of hydrogen-bond acceptors (Lipinski definition) is 2. The fourth-order valence-electron chi connectivity index (χ4n) is 1.90. The van der Waals surface area contributed by atoms with Crippen molar-refractivity contribution < 1.29 is 18.0 Å². The van der Waals surface area contributed by atoms with Gasteiger partial charge in [0, 0.05) is 29.2 Å². The minimum absolute atomic E-state index is 0.0355. The molecule has 0 atom stereocenters. The molecule has 3 nitrogen and oxygen atoms in total. The number of rotatable bonds is 6. The molecule has 0 saturated heterocycles. The highest BCUT2D eigenvalue weighted by molar-refractivity contribution is 9.10. The molecule has 21 heavy (non-hydrogen) atoms. The van der Waals surface area contributed by atoms with Crippen LogP contribution in [0.3, 0.4) is 0 Å². The SMILES string of the molecule is O=C(CCCNc1ccc(Br)cc1C(F)(F)F)NC1CC1. The van der Waals surface area contributed by atoms with Gasteiger partial charge in [-0.2, -0.15) is 13.2 Å². The van der Waals surface area contributed by atoms with Gasteiger partial charge in [-0.1, -0.05) is 15.9 Å². The zero-order valence-electron chi connectivity index (χ0n) is 11.3. The van der Waals surface area contributed by atoms with Gasteiger partial charge in [0.1, 0.15) is 0 Å². The van der Waals surface area contributed by atoms with E-state index in [-0.39, 0.29) is 11.6 Å². The minimum atomic E-state index is -4.41. The Morgan fingerprint density at radius 3 is 2.67 bits per heavy atom. The van der Waals surface area contributed by atoms with Crippen molar-refractivity contribution in [3.05, 3.63) is 28.2 Å². The second-order valence-corrected chi connectivity index (χ2v) is 5.98. The number of benzene rings is 1. The number of nitrogens with one attached hydrogen (secondary N) is 2. The van der Waals surface area contributed by atoms with Crippen LogP contribution in [0, 0.1) is 0 Å². The predicted octanol–water partition coefficient (Wildman–Crippen LogP) is 3.94.